The van der Waals surface area contributed by atoms with E-state index in [1.165, 1.54) is 22.3 Å². The minimum Gasteiger partial charge on any atom is -0.318 e. The molecule has 0 saturated carbocycles. The number of amides is 1. The maximum atomic E-state index is 11.7. The number of nitrogens with one attached hydrogen (secondary N) is 1. The highest BCUT2D eigenvalue weighted by Gasteiger charge is 2.04. The first-order valence-corrected chi connectivity index (χ1v) is 6.63. The van der Waals surface area contributed by atoms with Gasteiger partial charge in [-0.3, -0.25) is 4.79 Å². The molecule has 0 radical (unpaired) electrons. The van der Waals surface area contributed by atoms with Crippen LogP contribution in [0.1, 0.15) is 0 Å². The molecule has 0 bridgehead atoms. The molecular formula is C11H11N7OS. The third kappa shape index (κ3) is 2.43. The summed E-state index contributed by atoms with van der Waals surface area (Å²) in [6.45, 7) is 0.0328. The molecule has 8 nitrogen and oxygen atoms in total. The molecule has 0 spiro atoms. The number of aromatic nitrogens is 5. The van der Waals surface area contributed by atoms with E-state index in [0.29, 0.717) is 0 Å². The van der Waals surface area contributed by atoms with Gasteiger partial charge in [0, 0.05) is 7.05 Å². The van der Waals surface area contributed by atoms with Crippen LogP contribution in [0, 0.1) is 0 Å². The highest BCUT2D eigenvalue weighted by molar-refractivity contribution is 7.16. The fourth-order valence-corrected chi connectivity index (χ4v) is 2.71. The van der Waals surface area contributed by atoms with Crippen molar-refractivity contribution in [2.45, 2.75) is 6.54 Å². The van der Waals surface area contributed by atoms with Crippen LogP contribution in [0.4, 0.5) is 0 Å². The first-order valence-electron chi connectivity index (χ1n) is 5.82. The number of carbonyl (C=O) groups excluding carboxylic acids is 1. The van der Waals surface area contributed by atoms with Crippen LogP contribution in [0.2, 0.25) is 0 Å². The van der Waals surface area contributed by atoms with Crippen molar-refractivity contribution in [3.05, 3.63) is 35.4 Å². The highest BCUT2D eigenvalue weighted by atomic mass is 32.1. The lowest BCUT2D eigenvalue weighted by molar-refractivity contribution is -0.121. The van der Waals surface area contributed by atoms with Crippen molar-refractivity contribution in [2.24, 2.45) is 12.1 Å². The summed E-state index contributed by atoms with van der Waals surface area (Å²) >= 11 is 1.51. The molecule has 0 saturated heterocycles. The molecule has 102 valence electrons. The van der Waals surface area contributed by atoms with Gasteiger partial charge in [0.15, 0.2) is 0 Å². The van der Waals surface area contributed by atoms with Crippen LogP contribution in [0.15, 0.2) is 35.7 Å². The van der Waals surface area contributed by atoms with Crippen LogP contribution in [-0.4, -0.2) is 30.7 Å². The van der Waals surface area contributed by atoms with Crippen molar-refractivity contribution in [3.63, 3.8) is 0 Å². The summed E-state index contributed by atoms with van der Waals surface area (Å²) in [5, 5.41) is 14.6. The van der Waals surface area contributed by atoms with E-state index in [-0.39, 0.29) is 12.5 Å². The van der Waals surface area contributed by atoms with Crippen molar-refractivity contribution >= 4 is 27.5 Å². The summed E-state index contributed by atoms with van der Waals surface area (Å²) in [6, 6.07) is 7.96. The molecule has 0 aliphatic rings. The largest absolute Gasteiger partial charge is 0.318 e. The lowest BCUT2D eigenvalue weighted by Gasteiger charge is -1.98. The van der Waals surface area contributed by atoms with Crippen molar-refractivity contribution < 1.29 is 4.79 Å². The van der Waals surface area contributed by atoms with Gasteiger partial charge < -0.3 is 4.57 Å². The fourth-order valence-electron chi connectivity index (χ4n) is 1.73. The molecule has 0 unspecified atom stereocenters. The van der Waals surface area contributed by atoms with E-state index >= 15 is 0 Å². The smallest absolute Gasteiger partial charge is 0.262 e. The molecule has 0 fully saturated rings. The standard InChI is InChI=1S/C11H11N7OS/c1-17-8-4-2-3-5-9(8)20-11(17)14-13-10(19)6-18-7-12-15-16-18/h2-5,7H,6H2,1H3,(H,13,19). The Morgan fingerprint density at radius 1 is 1.45 bits per heavy atom. The van der Waals surface area contributed by atoms with Gasteiger partial charge in [0.05, 0.1) is 10.2 Å². The predicted molar refractivity (Wildman–Crippen MR) is 72.3 cm³/mol. The Balaban J connectivity index is 1.80. The fraction of sp³-hybridized carbons (Fsp3) is 0.182. The molecule has 3 aromatic rings. The number of rotatable bonds is 3. The number of benzene rings is 1. The third-order valence-corrected chi connectivity index (χ3v) is 3.80. The van der Waals surface area contributed by atoms with Crippen LogP contribution in [0.3, 0.4) is 0 Å². The molecule has 1 aromatic carbocycles. The zero-order valence-electron chi connectivity index (χ0n) is 10.6. The number of aryl methyl sites for hydroxylation is 1. The van der Waals surface area contributed by atoms with Crippen LogP contribution in [-0.2, 0) is 18.4 Å². The molecule has 2 aromatic heterocycles. The minimum atomic E-state index is -0.283. The monoisotopic (exact) mass is 289 g/mol. The Hall–Kier alpha value is -2.55. The molecular weight excluding hydrogens is 278 g/mol. The summed E-state index contributed by atoms with van der Waals surface area (Å²) in [7, 11) is 1.91. The summed E-state index contributed by atoms with van der Waals surface area (Å²) in [6.07, 6.45) is 1.37. The van der Waals surface area contributed by atoms with Gasteiger partial charge in [-0.1, -0.05) is 23.5 Å². The maximum absolute atomic E-state index is 11.7. The zero-order valence-corrected chi connectivity index (χ0v) is 11.4. The lowest BCUT2D eigenvalue weighted by Crippen LogP contribution is -2.26. The van der Waals surface area contributed by atoms with E-state index in [1.807, 2.05) is 35.9 Å². The van der Waals surface area contributed by atoms with Crippen LogP contribution in [0.5, 0.6) is 0 Å². The molecule has 9 heteroatoms. The number of thiazole rings is 1. The van der Waals surface area contributed by atoms with Gasteiger partial charge >= 0.3 is 0 Å². The lowest BCUT2D eigenvalue weighted by atomic mass is 10.3. The Kier molecular flexibility index (Phi) is 3.25. The summed E-state index contributed by atoms with van der Waals surface area (Å²) in [5.74, 6) is -0.283. The van der Waals surface area contributed by atoms with Crippen molar-refractivity contribution in [1.29, 1.82) is 0 Å². The number of hydrogen-bond donors (Lipinski definition) is 1. The predicted octanol–water partition coefficient (Wildman–Crippen LogP) is -0.142. The SMILES string of the molecule is Cn1c(=NNC(=O)Cn2cnnn2)sc2ccccc21. The van der Waals surface area contributed by atoms with E-state index in [0.717, 1.165) is 15.0 Å². The number of fused-ring (bicyclic) bond motifs is 1. The molecule has 0 atom stereocenters. The van der Waals surface area contributed by atoms with Gasteiger partial charge in [0.1, 0.15) is 12.9 Å². The number of para-hydroxylation sites is 1. The van der Waals surface area contributed by atoms with Gasteiger partial charge in [-0.15, -0.1) is 10.2 Å². The Morgan fingerprint density at radius 3 is 3.05 bits per heavy atom. The van der Waals surface area contributed by atoms with Crippen molar-refractivity contribution in [1.82, 2.24) is 30.2 Å². The normalized spacial score (nSPS) is 11.9. The topological polar surface area (TPSA) is 90.0 Å². The van der Waals surface area contributed by atoms with E-state index in [9.17, 15) is 4.79 Å². The summed E-state index contributed by atoms with van der Waals surface area (Å²) in [4.78, 5) is 12.4. The first-order chi connectivity index (χ1) is 9.74. The summed E-state index contributed by atoms with van der Waals surface area (Å²) < 4.78 is 4.37. The van der Waals surface area contributed by atoms with E-state index < -0.39 is 0 Å². The average molecular weight is 289 g/mol. The Morgan fingerprint density at radius 2 is 2.30 bits per heavy atom. The van der Waals surface area contributed by atoms with E-state index in [4.69, 9.17) is 0 Å². The molecule has 1 N–H and O–H groups in total. The Bertz CT molecular complexity index is 802. The third-order valence-electron chi connectivity index (χ3n) is 2.69. The quantitative estimate of drug-likeness (QED) is 0.679. The van der Waals surface area contributed by atoms with Crippen molar-refractivity contribution in [3.8, 4) is 0 Å². The molecule has 0 aliphatic heterocycles. The second kappa shape index (κ2) is 5.21. The van der Waals surface area contributed by atoms with Gasteiger partial charge in [-0.2, -0.15) is 0 Å². The summed E-state index contributed by atoms with van der Waals surface area (Å²) in [5.41, 5.74) is 3.57. The van der Waals surface area contributed by atoms with E-state index in [1.54, 1.807) is 0 Å². The molecule has 2 heterocycles. The Labute approximate surface area is 117 Å². The van der Waals surface area contributed by atoms with Crippen LogP contribution in [0.25, 0.3) is 10.2 Å². The molecule has 1 amide bonds. The molecule has 0 aliphatic carbocycles. The minimum absolute atomic E-state index is 0.0328. The number of tetrazole rings is 1. The van der Waals surface area contributed by atoms with Crippen LogP contribution < -0.4 is 10.2 Å². The number of hydrogen-bond acceptors (Lipinski definition) is 6. The van der Waals surface area contributed by atoms with Gasteiger partial charge in [0.25, 0.3) is 5.91 Å². The molecule has 20 heavy (non-hydrogen) atoms. The zero-order chi connectivity index (χ0) is 13.9. The van der Waals surface area contributed by atoms with Gasteiger partial charge in [-0.05, 0) is 22.6 Å². The average Bonchev–Trinajstić information content (AvgIpc) is 3.06. The second-order valence-corrected chi connectivity index (χ2v) is 5.07. The second-order valence-electron chi connectivity index (χ2n) is 4.07. The van der Waals surface area contributed by atoms with Gasteiger partial charge in [-0.25, -0.2) is 10.1 Å². The molecule has 3 rings (SSSR count). The maximum Gasteiger partial charge on any atom is 0.262 e. The van der Waals surface area contributed by atoms with Crippen LogP contribution >= 0.6 is 11.3 Å². The number of nitrogens with zero attached hydrogens (tertiary/aromatic N) is 6. The highest BCUT2D eigenvalue weighted by Crippen LogP contribution is 2.14. The number of carbonyl (C=O) groups is 1. The first kappa shape index (κ1) is 12.5. The van der Waals surface area contributed by atoms with Gasteiger partial charge in [0.2, 0.25) is 4.80 Å². The van der Waals surface area contributed by atoms with Crippen molar-refractivity contribution in [2.75, 3.05) is 0 Å². The van der Waals surface area contributed by atoms with E-state index in [2.05, 4.69) is 26.1 Å².